The molecular weight excluding hydrogens is 391 g/mol. The Hall–Kier alpha value is -1.55. The van der Waals surface area contributed by atoms with Crippen LogP contribution in [-0.4, -0.2) is 30.4 Å². The van der Waals surface area contributed by atoms with Crippen LogP contribution in [0.2, 0.25) is 10.0 Å². The van der Waals surface area contributed by atoms with E-state index in [9.17, 15) is 4.79 Å². The topological polar surface area (TPSA) is 32.3 Å². The van der Waals surface area contributed by atoms with Gasteiger partial charge in [0.15, 0.2) is 0 Å². The summed E-state index contributed by atoms with van der Waals surface area (Å²) in [6.07, 6.45) is 2.92. The van der Waals surface area contributed by atoms with Gasteiger partial charge in [-0.2, -0.15) is 0 Å². The molecule has 1 aliphatic heterocycles. The fourth-order valence-electron chi connectivity index (χ4n) is 4.10. The van der Waals surface area contributed by atoms with Crippen molar-refractivity contribution in [3.8, 4) is 0 Å². The Morgan fingerprint density at radius 2 is 1.79 bits per heavy atom. The van der Waals surface area contributed by atoms with Crippen molar-refractivity contribution < 1.29 is 4.79 Å². The number of carbonyl (C=O) groups is 1. The zero-order valence-corrected chi connectivity index (χ0v) is 18.1. The summed E-state index contributed by atoms with van der Waals surface area (Å²) in [5.41, 5.74) is 2.18. The second-order valence-corrected chi connectivity index (χ2v) is 8.65. The Balaban J connectivity index is 1.59. The smallest absolute Gasteiger partial charge is 0.217 e. The number of piperidine rings is 1. The SMILES string of the molecule is CC(=O)NC1(c2ccccc2)CCN(CCC(C)c2ccc(Cl)c(Cl)c2)CC1. The maximum atomic E-state index is 11.9. The zero-order valence-electron chi connectivity index (χ0n) is 16.6. The van der Waals surface area contributed by atoms with E-state index in [0.717, 1.165) is 38.9 Å². The summed E-state index contributed by atoms with van der Waals surface area (Å²) in [6.45, 7) is 6.82. The molecule has 1 amide bonds. The summed E-state index contributed by atoms with van der Waals surface area (Å²) < 4.78 is 0. The van der Waals surface area contributed by atoms with Crippen LogP contribution < -0.4 is 5.32 Å². The number of hydrogen-bond acceptors (Lipinski definition) is 2. The first-order valence-corrected chi connectivity index (χ1v) is 10.7. The highest BCUT2D eigenvalue weighted by atomic mass is 35.5. The van der Waals surface area contributed by atoms with E-state index in [4.69, 9.17) is 23.2 Å². The summed E-state index contributed by atoms with van der Waals surface area (Å²) >= 11 is 12.2. The Morgan fingerprint density at radius 1 is 1.11 bits per heavy atom. The first-order chi connectivity index (χ1) is 13.4. The third kappa shape index (κ3) is 5.08. The maximum Gasteiger partial charge on any atom is 0.217 e. The van der Waals surface area contributed by atoms with Crippen LogP contribution in [0.3, 0.4) is 0 Å². The van der Waals surface area contributed by atoms with Crippen LogP contribution in [-0.2, 0) is 10.3 Å². The van der Waals surface area contributed by atoms with E-state index in [1.807, 2.05) is 30.3 Å². The van der Waals surface area contributed by atoms with Gasteiger partial charge < -0.3 is 10.2 Å². The predicted molar refractivity (Wildman–Crippen MR) is 117 cm³/mol. The molecule has 1 heterocycles. The molecule has 1 fully saturated rings. The van der Waals surface area contributed by atoms with Crippen LogP contribution in [0.15, 0.2) is 48.5 Å². The van der Waals surface area contributed by atoms with Gasteiger partial charge in [0.05, 0.1) is 15.6 Å². The standard InChI is InChI=1S/C23H28Cl2N2O/c1-17(19-8-9-21(24)22(25)16-19)10-13-27-14-11-23(12-15-27,26-18(2)28)20-6-4-3-5-7-20/h3-9,16-17H,10-15H2,1-2H3,(H,26,28). The van der Waals surface area contributed by atoms with Crippen molar-refractivity contribution in [2.75, 3.05) is 19.6 Å². The Kier molecular flexibility index (Phi) is 7.03. The largest absolute Gasteiger partial charge is 0.347 e. The molecule has 1 N–H and O–H groups in total. The molecule has 2 aromatic rings. The first kappa shape index (κ1) is 21.2. The summed E-state index contributed by atoms with van der Waals surface area (Å²) in [5, 5.41) is 4.46. The van der Waals surface area contributed by atoms with E-state index >= 15 is 0 Å². The van der Waals surface area contributed by atoms with Gasteiger partial charge in [0.25, 0.3) is 0 Å². The van der Waals surface area contributed by atoms with E-state index in [2.05, 4.69) is 35.3 Å². The third-order valence-corrected chi connectivity index (χ3v) is 6.58. The maximum absolute atomic E-state index is 11.9. The van der Waals surface area contributed by atoms with Crippen molar-refractivity contribution in [2.24, 2.45) is 0 Å². The highest BCUT2D eigenvalue weighted by Gasteiger charge is 2.36. The lowest BCUT2D eigenvalue weighted by Gasteiger charge is -2.43. The average molecular weight is 419 g/mol. The number of nitrogens with one attached hydrogen (secondary N) is 1. The lowest BCUT2D eigenvalue weighted by atomic mass is 9.80. The van der Waals surface area contributed by atoms with Crippen LogP contribution in [0.1, 0.15) is 50.2 Å². The van der Waals surface area contributed by atoms with Gasteiger partial charge in [-0.1, -0.05) is 66.5 Å². The lowest BCUT2D eigenvalue weighted by Crippen LogP contribution is -2.52. The molecule has 1 saturated heterocycles. The number of benzene rings is 2. The molecule has 28 heavy (non-hydrogen) atoms. The molecule has 3 nitrogen and oxygen atoms in total. The molecule has 0 aliphatic carbocycles. The Labute approximate surface area is 178 Å². The number of halogens is 2. The van der Waals surface area contributed by atoms with Gasteiger partial charge in [-0.05, 0) is 55.0 Å². The number of carbonyl (C=O) groups excluding carboxylic acids is 1. The number of likely N-dealkylation sites (tertiary alicyclic amines) is 1. The van der Waals surface area contributed by atoms with Gasteiger partial charge >= 0.3 is 0 Å². The molecule has 1 atom stereocenters. The molecular formula is C23H28Cl2N2O. The van der Waals surface area contributed by atoms with Gasteiger partial charge in [-0.3, -0.25) is 4.79 Å². The molecule has 1 aliphatic rings. The molecule has 150 valence electrons. The van der Waals surface area contributed by atoms with Gasteiger partial charge in [-0.15, -0.1) is 0 Å². The van der Waals surface area contributed by atoms with Gasteiger partial charge in [0.2, 0.25) is 5.91 Å². The molecule has 0 spiro atoms. The molecule has 1 unspecified atom stereocenters. The second kappa shape index (κ2) is 9.30. The van der Waals surface area contributed by atoms with Crippen LogP contribution in [0.25, 0.3) is 0 Å². The Morgan fingerprint density at radius 3 is 2.39 bits per heavy atom. The number of nitrogens with zero attached hydrogens (tertiary/aromatic N) is 1. The minimum Gasteiger partial charge on any atom is -0.347 e. The second-order valence-electron chi connectivity index (χ2n) is 7.83. The molecule has 5 heteroatoms. The first-order valence-electron chi connectivity index (χ1n) is 9.91. The van der Waals surface area contributed by atoms with Crippen molar-refractivity contribution in [3.63, 3.8) is 0 Å². The number of hydrogen-bond donors (Lipinski definition) is 1. The molecule has 0 bridgehead atoms. The molecule has 3 rings (SSSR count). The van der Waals surface area contributed by atoms with E-state index in [0.29, 0.717) is 16.0 Å². The minimum absolute atomic E-state index is 0.0329. The monoisotopic (exact) mass is 418 g/mol. The molecule has 0 radical (unpaired) electrons. The van der Waals surface area contributed by atoms with E-state index < -0.39 is 0 Å². The number of amides is 1. The van der Waals surface area contributed by atoms with Crippen LogP contribution >= 0.6 is 23.2 Å². The highest BCUT2D eigenvalue weighted by Crippen LogP contribution is 2.34. The highest BCUT2D eigenvalue weighted by molar-refractivity contribution is 6.42. The van der Waals surface area contributed by atoms with Gasteiger partial charge in [0, 0.05) is 20.0 Å². The van der Waals surface area contributed by atoms with Gasteiger partial charge in [0.1, 0.15) is 0 Å². The van der Waals surface area contributed by atoms with Crippen LogP contribution in [0.4, 0.5) is 0 Å². The van der Waals surface area contributed by atoms with Crippen molar-refractivity contribution >= 4 is 29.1 Å². The van der Waals surface area contributed by atoms with Crippen LogP contribution in [0.5, 0.6) is 0 Å². The molecule has 0 saturated carbocycles. The van der Waals surface area contributed by atoms with Gasteiger partial charge in [-0.25, -0.2) is 0 Å². The fraction of sp³-hybridized carbons (Fsp3) is 0.435. The quantitative estimate of drug-likeness (QED) is 0.660. The van der Waals surface area contributed by atoms with Crippen molar-refractivity contribution in [3.05, 3.63) is 69.7 Å². The summed E-state index contributed by atoms with van der Waals surface area (Å²) in [5.74, 6) is 0.455. The summed E-state index contributed by atoms with van der Waals surface area (Å²) in [6, 6.07) is 16.3. The normalized spacial score (nSPS) is 17.9. The zero-order chi connectivity index (χ0) is 20.1. The number of rotatable bonds is 6. The minimum atomic E-state index is -0.251. The fourth-order valence-corrected chi connectivity index (χ4v) is 4.41. The summed E-state index contributed by atoms with van der Waals surface area (Å²) in [7, 11) is 0. The van der Waals surface area contributed by atoms with E-state index in [1.165, 1.54) is 11.1 Å². The van der Waals surface area contributed by atoms with Crippen molar-refractivity contribution in [1.29, 1.82) is 0 Å². The van der Waals surface area contributed by atoms with E-state index in [1.54, 1.807) is 6.92 Å². The third-order valence-electron chi connectivity index (χ3n) is 5.84. The van der Waals surface area contributed by atoms with E-state index in [-0.39, 0.29) is 11.4 Å². The molecule has 2 aromatic carbocycles. The molecule has 0 aromatic heterocycles. The van der Waals surface area contributed by atoms with Crippen LogP contribution in [0, 0.1) is 0 Å². The lowest BCUT2D eigenvalue weighted by molar-refractivity contribution is -0.121. The van der Waals surface area contributed by atoms with Crippen molar-refractivity contribution in [2.45, 2.75) is 44.6 Å². The Bertz CT molecular complexity index is 802. The predicted octanol–water partition coefficient (Wildman–Crippen LogP) is 5.61. The summed E-state index contributed by atoms with van der Waals surface area (Å²) in [4.78, 5) is 14.3. The van der Waals surface area contributed by atoms with Crippen molar-refractivity contribution in [1.82, 2.24) is 10.2 Å². The average Bonchev–Trinajstić information content (AvgIpc) is 2.69.